The number of carbonyl (C=O) groups is 3. The number of amides is 2. The zero-order valence-corrected chi connectivity index (χ0v) is 20.6. The van der Waals surface area contributed by atoms with E-state index in [1.807, 2.05) is 42.6 Å². The fraction of sp³-hybridized carbons (Fsp3) is 0.375. The highest BCUT2D eigenvalue weighted by Crippen LogP contribution is 2.26. The van der Waals surface area contributed by atoms with Crippen LogP contribution in [0, 0.1) is 0 Å². The summed E-state index contributed by atoms with van der Waals surface area (Å²) in [4.78, 5) is 42.2. The van der Waals surface area contributed by atoms with Crippen molar-refractivity contribution in [3.63, 3.8) is 0 Å². The summed E-state index contributed by atoms with van der Waals surface area (Å²) in [6.07, 6.45) is -2.36. The number of likely N-dealkylation sites (tertiary alicyclic amines) is 1. The average molecular weight is 539 g/mol. The highest BCUT2D eigenvalue weighted by Gasteiger charge is 2.40. The smallest absolute Gasteiger partial charge is 0.430 e. The maximum absolute atomic E-state index is 13.6. The van der Waals surface area contributed by atoms with Crippen LogP contribution in [0.4, 0.5) is 17.6 Å². The second kappa shape index (κ2) is 11.5. The Morgan fingerprint density at radius 2 is 1.76 bits per heavy atom. The van der Waals surface area contributed by atoms with Crippen LogP contribution in [0.2, 0.25) is 0 Å². The lowest BCUT2D eigenvalue weighted by molar-refractivity contribution is -0.409. The lowest BCUT2D eigenvalue weighted by atomic mass is 9.89. The number of likely N-dealkylation sites (N-methyl/N-ethyl adjacent to an activating group) is 1. The van der Waals surface area contributed by atoms with Crippen LogP contribution in [0.3, 0.4) is 0 Å². The number of alkyl halides is 4. The number of carboxylic acids is 1. The topological polar surface area (TPSA) is 139 Å². The fourth-order valence-corrected chi connectivity index (χ4v) is 3.95. The molecule has 0 saturated carbocycles. The third-order valence-electron chi connectivity index (χ3n) is 5.92. The standard InChI is InChI=1S/C22H25FN6O2.C2HF3O2/c1-27(2)21(30)19(20(24)22(31)28-11-8-16(23)13-28)15-5-3-14(4-6-15)17-9-12-29-18(26-17)7-10-25-29;3-2(4,5)1(6)7/h3-7,9-10,12,16,19-20H,8,11,13,24H2,1-2H3;(H,6,7)/t16-,19-,20-;/m0./s1. The normalized spacial score (nSPS) is 16.9. The summed E-state index contributed by atoms with van der Waals surface area (Å²) < 4.78 is 46.8. The lowest BCUT2D eigenvalue weighted by Gasteiger charge is -2.26. The molecule has 0 radical (unpaired) electrons. The minimum atomic E-state index is -5.19. The molecule has 3 aromatic rings. The minimum absolute atomic E-state index is 0.0649. The maximum atomic E-state index is 13.6. The Balaban J connectivity index is 0.000000505. The van der Waals surface area contributed by atoms with Crippen LogP contribution < -0.4 is 10.8 Å². The van der Waals surface area contributed by atoms with Crippen LogP contribution in [0.1, 0.15) is 17.9 Å². The van der Waals surface area contributed by atoms with Gasteiger partial charge < -0.3 is 25.4 Å². The van der Waals surface area contributed by atoms with Gasteiger partial charge in [-0.3, -0.25) is 9.59 Å². The van der Waals surface area contributed by atoms with E-state index in [0.29, 0.717) is 18.5 Å². The van der Waals surface area contributed by atoms with E-state index >= 15 is 0 Å². The Kier molecular flexibility index (Phi) is 8.66. The Morgan fingerprint density at radius 3 is 2.29 bits per heavy atom. The summed E-state index contributed by atoms with van der Waals surface area (Å²) >= 11 is 0. The highest BCUT2D eigenvalue weighted by atomic mass is 19.4. The molecule has 0 spiro atoms. The number of fused-ring (bicyclic) bond motifs is 1. The van der Waals surface area contributed by atoms with Crippen molar-refractivity contribution in [3.8, 4) is 11.3 Å². The Morgan fingerprint density at radius 1 is 1.13 bits per heavy atom. The number of carboxylic acid groups (broad SMARTS) is 1. The first-order chi connectivity index (χ1) is 17.8. The molecular weight excluding hydrogens is 512 g/mol. The van der Waals surface area contributed by atoms with Crippen molar-refractivity contribution < 1.29 is 42.8 Å². The Labute approximate surface area is 214 Å². The monoisotopic (exact) mass is 538 g/mol. The summed E-state index contributed by atoms with van der Waals surface area (Å²) in [5, 5.41) is 12.9. The van der Waals surface area contributed by atoms with E-state index in [-0.39, 0.29) is 18.4 Å². The van der Waals surface area contributed by atoms with Crippen LogP contribution in [-0.4, -0.2) is 87.8 Å². The number of benzene rings is 1. The van der Waals surface area contributed by atoms with Gasteiger partial charge in [0.15, 0.2) is 11.7 Å². The van der Waals surface area contributed by atoms with Gasteiger partial charge >= 0.3 is 6.18 Å². The van der Waals surface area contributed by atoms with Gasteiger partial charge in [-0.25, -0.2) is 13.9 Å². The molecule has 1 saturated heterocycles. The number of hydrogen-bond donors (Lipinski definition) is 1. The fourth-order valence-electron chi connectivity index (χ4n) is 3.95. The van der Waals surface area contributed by atoms with E-state index in [0.717, 1.165) is 16.9 Å². The van der Waals surface area contributed by atoms with Gasteiger partial charge in [-0.2, -0.15) is 18.3 Å². The van der Waals surface area contributed by atoms with Crippen LogP contribution in [0.5, 0.6) is 0 Å². The van der Waals surface area contributed by atoms with Crippen LogP contribution >= 0.6 is 0 Å². The summed E-state index contributed by atoms with van der Waals surface area (Å²) in [6.45, 7) is 0.423. The predicted molar refractivity (Wildman–Crippen MR) is 124 cm³/mol. The molecule has 3 atom stereocenters. The molecule has 38 heavy (non-hydrogen) atoms. The van der Waals surface area contributed by atoms with Gasteiger partial charge in [0.25, 0.3) is 5.91 Å². The van der Waals surface area contributed by atoms with Crippen LogP contribution in [-0.2, 0) is 14.4 Å². The second-order valence-corrected chi connectivity index (χ2v) is 8.84. The van der Waals surface area contributed by atoms with Crippen molar-refractivity contribution >= 4 is 23.4 Å². The third kappa shape index (κ3) is 6.62. The third-order valence-corrected chi connectivity index (χ3v) is 5.92. The van der Waals surface area contributed by atoms with E-state index < -0.39 is 30.3 Å². The van der Waals surface area contributed by atoms with E-state index in [9.17, 15) is 27.2 Å². The van der Waals surface area contributed by atoms with Gasteiger partial charge in [-0.15, -0.1) is 0 Å². The number of nitrogens with zero attached hydrogens (tertiary/aromatic N) is 5. The van der Waals surface area contributed by atoms with E-state index in [4.69, 9.17) is 9.90 Å². The number of halogens is 4. The number of carbonyl (C=O) groups excluding carboxylic acids is 3. The van der Waals surface area contributed by atoms with Gasteiger partial charge in [-0.1, -0.05) is 24.3 Å². The molecule has 1 aliphatic heterocycles. The first kappa shape index (κ1) is 28.5. The quantitative estimate of drug-likeness (QED) is 0.456. The van der Waals surface area contributed by atoms with Crippen molar-refractivity contribution in [2.75, 3.05) is 27.2 Å². The second-order valence-electron chi connectivity index (χ2n) is 8.84. The maximum Gasteiger partial charge on any atom is 0.430 e. The van der Waals surface area contributed by atoms with Crippen molar-refractivity contribution in [2.45, 2.75) is 30.7 Å². The molecule has 0 unspecified atom stereocenters. The average Bonchev–Trinajstić information content (AvgIpc) is 3.52. The molecule has 3 heterocycles. The molecule has 204 valence electrons. The highest BCUT2D eigenvalue weighted by molar-refractivity contribution is 5.92. The van der Waals surface area contributed by atoms with Crippen LogP contribution in [0.25, 0.3) is 16.9 Å². The summed E-state index contributed by atoms with van der Waals surface area (Å²) in [5.41, 5.74) is 7.11. The molecule has 2 amide bonds. The summed E-state index contributed by atoms with van der Waals surface area (Å²) in [5.74, 6) is -4.26. The molecule has 1 aromatic carbocycles. The lowest BCUT2D eigenvalue weighted by Crippen LogP contribution is -2.71. The summed E-state index contributed by atoms with van der Waals surface area (Å²) in [7, 11) is 3.30. The first-order valence-electron chi connectivity index (χ1n) is 11.5. The van der Waals surface area contributed by atoms with Gasteiger partial charge in [-0.05, 0) is 18.1 Å². The summed E-state index contributed by atoms with van der Waals surface area (Å²) in [6, 6.07) is 10.3. The van der Waals surface area contributed by atoms with E-state index in [1.165, 1.54) is 9.80 Å². The zero-order chi connectivity index (χ0) is 28.2. The number of aliphatic carboxylic acids is 1. The van der Waals surface area contributed by atoms with Gasteiger partial charge in [0.2, 0.25) is 5.91 Å². The zero-order valence-electron chi connectivity index (χ0n) is 20.6. The van der Waals surface area contributed by atoms with Crippen molar-refractivity contribution in [3.05, 3.63) is 54.4 Å². The number of hydrogen-bond acceptors (Lipinski definition) is 6. The number of rotatable bonds is 5. The molecular formula is C24H26F4N6O4. The predicted octanol–water partition coefficient (Wildman–Crippen LogP) is 0.0476. The molecule has 1 aliphatic rings. The molecule has 0 bridgehead atoms. The van der Waals surface area contributed by atoms with E-state index in [1.54, 1.807) is 24.8 Å². The molecule has 1 fully saturated rings. The molecule has 14 heteroatoms. The van der Waals surface area contributed by atoms with Gasteiger partial charge in [0.1, 0.15) is 18.1 Å². The SMILES string of the molecule is CN(C)C(=O)[C@@H](c1ccc(-c2ccn3nccc3n2)cc1)[C@H]([NH3+])C(=O)N1CC[C@H](F)C1.O=C([O-])C(F)(F)F. The first-order valence-corrected chi connectivity index (χ1v) is 11.5. The minimum Gasteiger partial charge on any atom is -0.542 e. The number of quaternary nitrogens is 1. The van der Waals surface area contributed by atoms with Crippen molar-refractivity contribution in [2.24, 2.45) is 0 Å². The van der Waals surface area contributed by atoms with Crippen molar-refractivity contribution in [1.29, 1.82) is 0 Å². The molecule has 2 aromatic heterocycles. The molecule has 4 rings (SSSR count). The molecule has 3 N–H and O–H groups in total. The van der Waals surface area contributed by atoms with Gasteiger partial charge in [0, 0.05) is 38.5 Å². The Bertz CT molecular complexity index is 1300. The van der Waals surface area contributed by atoms with Gasteiger partial charge in [0.05, 0.1) is 18.4 Å². The largest absolute Gasteiger partial charge is 0.542 e. The number of aromatic nitrogens is 3. The van der Waals surface area contributed by atoms with Crippen LogP contribution in [0.15, 0.2) is 48.8 Å². The molecule has 10 nitrogen and oxygen atoms in total. The molecule has 0 aliphatic carbocycles. The van der Waals surface area contributed by atoms with E-state index in [2.05, 4.69) is 15.8 Å². The Hall–Kier alpha value is -4.07. The van der Waals surface area contributed by atoms with Crippen molar-refractivity contribution in [1.82, 2.24) is 24.4 Å².